The predicted octanol–water partition coefficient (Wildman–Crippen LogP) is 2.47. The summed E-state index contributed by atoms with van der Waals surface area (Å²) in [4.78, 5) is 16.4. The number of amides is 1. The molecule has 1 saturated carbocycles. The fourth-order valence-electron chi connectivity index (χ4n) is 2.19. The molecule has 2 N–H and O–H groups in total. The van der Waals surface area contributed by atoms with Crippen molar-refractivity contribution in [2.75, 3.05) is 6.61 Å². The quantitative estimate of drug-likeness (QED) is 0.823. The van der Waals surface area contributed by atoms with Crippen LogP contribution in [0.4, 0.5) is 0 Å². The molecule has 0 radical (unpaired) electrons. The summed E-state index contributed by atoms with van der Waals surface area (Å²) in [6, 6.07) is 7.08. The molecule has 1 amide bonds. The van der Waals surface area contributed by atoms with Crippen molar-refractivity contribution in [2.45, 2.75) is 32.2 Å². The van der Waals surface area contributed by atoms with Crippen LogP contribution in [0.1, 0.15) is 48.4 Å². The van der Waals surface area contributed by atoms with E-state index in [1.165, 1.54) is 19.2 Å². The largest absolute Gasteiger partial charge is 0.493 e. The number of benzene rings is 1. The highest BCUT2D eigenvalue weighted by Crippen LogP contribution is 2.29. The van der Waals surface area contributed by atoms with Crippen LogP contribution in [0, 0.1) is 5.92 Å². The van der Waals surface area contributed by atoms with Crippen LogP contribution in [-0.2, 0) is 0 Å². The Balaban J connectivity index is 1.58. The highest BCUT2D eigenvalue weighted by Gasteiger charge is 2.22. The third-order valence-electron chi connectivity index (χ3n) is 3.78. The van der Waals surface area contributed by atoms with Crippen molar-refractivity contribution in [3.8, 4) is 5.75 Å². The average Bonchev–Trinajstić information content (AvgIpc) is 3.23. The van der Waals surface area contributed by atoms with Crippen LogP contribution in [0.3, 0.4) is 0 Å². The Labute approximate surface area is 129 Å². The molecule has 1 aliphatic carbocycles. The van der Waals surface area contributed by atoms with Gasteiger partial charge in [-0.25, -0.2) is 4.98 Å². The lowest BCUT2D eigenvalue weighted by atomic mass is 10.1. The number of nitrogens with one attached hydrogen (secondary N) is 2. The third-order valence-corrected chi connectivity index (χ3v) is 3.78. The third kappa shape index (κ3) is 3.63. The van der Waals surface area contributed by atoms with Gasteiger partial charge in [-0.15, -0.1) is 0 Å². The molecule has 1 heterocycles. The Kier molecular flexibility index (Phi) is 4.37. The van der Waals surface area contributed by atoms with Gasteiger partial charge < -0.3 is 10.1 Å². The maximum Gasteiger partial charge on any atom is 0.251 e. The Morgan fingerprint density at radius 2 is 2.18 bits per heavy atom. The van der Waals surface area contributed by atoms with E-state index in [1.54, 1.807) is 12.1 Å². The first-order valence-electron chi connectivity index (χ1n) is 7.65. The van der Waals surface area contributed by atoms with Crippen LogP contribution in [0.5, 0.6) is 5.75 Å². The zero-order valence-corrected chi connectivity index (χ0v) is 12.6. The molecule has 6 heteroatoms. The maximum atomic E-state index is 12.3. The van der Waals surface area contributed by atoms with Crippen molar-refractivity contribution >= 4 is 5.91 Å². The molecule has 116 valence electrons. The molecule has 3 rings (SSSR count). The zero-order valence-electron chi connectivity index (χ0n) is 12.6. The Morgan fingerprint density at radius 1 is 1.41 bits per heavy atom. The van der Waals surface area contributed by atoms with Gasteiger partial charge in [0.2, 0.25) is 0 Å². The summed E-state index contributed by atoms with van der Waals surface area (Å²) in [5.74, 6) is 2.07. The van der Waals surface area contributed by atoms with Crippen molar-refractivity contribution in [1.29, 1.82) is 0 Å². The second kappa shape index (κ2) is 6.60. The number of carbonyl (C=O) groups is 1. The fourth-order valence-corrected chi connectivity index (χ4v) is 2.19. The van der Waals surface area contributed by atoms with E-state index in [0.29, 0.717) is 11.4 Å². The van der Waals surface area contributed by atoms with Gasteiger partial charge in [-0.05, 0) is 49.4 Å². The lowest BCUT2D eigenvalue weighted by Gasteiger charge is -2.14. The van der Waals surface area contributed by atoms with Crippen molar-refractivity contribution in [2.24, 2.45) is 5.92 Å². The number of aromatic nitrogens is 3. The summed E-state index contributed by atoms with van der Waals surface area (Å²) >= 11 is 0. The van der Waals surface area contributed by atoms with E-state index >= 15 is 0 Å². The lowest BCUT2D eigenvalue weighted by molar-refractivity contribution is 0.0933. The molecule has 1 fully saturated rings. The normalized spacial score (nSPS) is 15.3. The lowest BCUT2D eigenvalue weighted by Crippen LogP contribution is -2.28. The molecule has 0 bridgehead atoms. The second-order valence-corrected chi connectivity index (χ2v) is 5.58. The Hall–Kier alpha value is -2.37. The van der Waals surface area contributed by atoms with E-state index < -0.39 is 0 Å². The van der Waals surface area contributed by atoms with Gasteiger partial charge in [0.1, 0.15) is 17.9 Å². The van der Waals surface area contributed by atoms with Crippen molar-refractivity contribution in [1.82, 2.24) is 20.5 Å². The van der Waals surface area contributed by atoms with Crippen molar-refractivity contribution in [3.05, 3.63) is 42.0 Å². The minimum atomic E-state index is -0.166. The molecule has 1 aromatic carbocycles. The molecule has 1 aliphatic rings. The number of rotatable bonds is 7. The SMILES string of the molecule is CC[C@@H](NC(=O)c1ccc(OCC2CC2)cc1)c1ncn[nH]1. The summed E-state index contributed by atoms with van der Waals surface area (Å²) in [7, 11) is 0. The van der Waals surface area contributed by atoms with Gasteiger partial charge in [0, 0.05) is 5.56 Å². The molecule has 0 unspecified atom stereocenters. The molecule has 6 nitrogen and oxygen atoms in total. The zero-order chi connectivity index (χ0) is 15.4. The summed E-state index contributed by atoms with van der Waals surface area (Å²) in [5, 5.41) is 9.56. The summed E-state index contributed by atoms with van der Waals surface area (Å²) in [6.45, 7) is 2.76. The number of hydrogen-bond donors (Lipinski definition) is 2. The van der Waals surface area contributed by atoms with Crippen LogP contribution < -0.4 is 10.1 Å². The van der Waals surface area contributed by atoms with E-state index in [0.717, 1.165) is 24.7 Å². The fraction of sp³-hybridized carbons (Fsp3) is 0.438. The summed E-state index contributed by atoms with van der Waals surface area (Å²) < 4.78 is 5.67. The summed E-state index contributed by atoms with van der Waals surface area (Å²) in [5.41, 5.74) is 0.608. The van der Waals surface area contributed by atoms with Gasteiger partial charge in [0.25, 0.3) is 5.91 Å². The first-order valence-corrected chi connectivity index (χ1v) is 7.65. The maximum absolute atomic E-state index is 12.3. The number of nitrogens with zero attached hydrogens (tertiary/aromatic N) is 2. The van der Waals surface area contributed by atoms with Crippen molar-refractivity contribution in [3.63, 3.8) is 0 Å². The number of aromatic amines is 1. The highest BCUT2D eigenvalue weighted by molar-refractivity contribution is 5.94. The van der Waals surface area contributed by atoms with Gasteiger partial charge in [-0.3, -0.25) is 9.89 Å². The molecule has 0 spiro atoms. The number of carbonyl (C=O) groups excluding carboxylic acids is 1. The van der Waals surface area contributed by atoms with Crippen LogP contribution in [0.2, 0.25) is 0 Å². The highest BCUT2D eigenvalue weighted by atomic mass is 16.5. The van der Waals surface area contributed by atoms with Crippen LogP contribution in [0.15, 0.2) is 30.6 Å². The minimum Gasteiger partial charge on any atom is -0.493 e. The van der Waals surface area contributed by atoms with Gasteiger partial charge in [-0.2, -0.15) is 5.10 Å². The van der Waals surface area contributed by atoms with Crippen LogP contribution >= 0.6 is 0 Å². The molecule has 1 aromatic heterocycles. The number of H-pyrrole nitrogens is 1. The predicted molar refractivity (Wildman–Crippen MR) is 81.5 cm³/mol. The van der Waals surface area contributed by atoms with E-state index in [-0.39, 0.29) is 11.9 Å². The Morgan fingerprint density at radius 3 is 2.77 bits per heavy atom. The topological polar surface area (TPSA) is 79.9 Å². The summed E-state index contributed by atoms with van der Waals surface area (Å²) in [6.07, 6.45) is 4.71. The van der Waals surface area contributed by atoms with E-state index in [1.807, 2.05) is 19.1 Å². The first kappa shape index (κ1) is 14.6. The van der Waals surface area contributed by atoms with E-state index in [4.69, 9.17) is 4.74 Å². The van der Waals surface area contributed by atoms with Gasteiger partial charge in [0.05, 0.1) is 12.6 Å². The molecule has 0 aliphatic heterocycles. The average molecular weight is 300 g/mol. The second-order valence-electron chi connectivity index (χ2n) is 5.58. The molecule has 1 atom stereocenters. The number of hydrogen-bond acceptors (Lipinski definition) is 4. The molecule has 0 saturated heterocycles. The van der Waals surface area contributed by atoms with Crippen molar-refractivity contribution < 1.29 is 9.53 Å². The molecule has 2 aromatic rings. The van der Waals surface area contributed by atoms with E-state index in [9.17, 15) is 4.79 Å². The van der Waals surface area contributed by atoms with Gasteiger partial charge in [0.15, 0.2) is 0 Å². The molecular weight excluding hydrogens is 280 g/mol. The first-order chi connectivity index (χ1) is 10.8. The van der Waals surface area contributed by atoms with Gasteiger partial charge >= 0.3 is 0 Å². The van der Waals surface area contributed by atoms with E-state index in [2.05, 4.69) is 20.5 Å². The standard InChI is InChI=1S/C16H20N4O2/c1-2-14(15-17-10-18-20-15)19-16(21)12-5-7-13(8-6-12)22-9-11-3-4-11/h5-8,10-11,14H,2-4,9H2,1H3,(H,19,21)(H,17,18,20)/t14-/m1/s1. The van der Waals surface area contributed by atoms with Crippen LogP contribution in [0.25, 0.3) is 0 Å². The monoisotopic (exact) mass is 300 g/mol. The smallest absolute Gasteiger partial charge is 0.251 e. The molecular formula is C16H20N4O2. The molecule has 22 heavy (non-hydrogen) atoms. The van der Waals surface area contributed by atoms with Crippen LogP contribution in [-0.4, -0.2) is 27.7 Å². The number of ether oxygens (including phenoxy) is 1. The van der Waals surface area contributed by atoms with Gasteiger partial charge in [-0.1, -0.05) is 6.92 Å². The minimum absolute atomic E-state index is 0.128. The Bertz CT molecular complexity index is 606.